The van der Waals surface area contributed by atoms with Crippen molar-refractivity contribution in [2.75, 3.05) is 0 Å². The Kier molecular flexibility index (Phi) is 16.8. The fourth-order valence-corrected chi connectivity index (χ4v) is 8.84. The quantitative estimate of drug-likeness (QED) is 0.0706. The van der Waals surface area contributed by atoms with Crippen LogP contribution in [0.15, 0.2) is 115 Å². The number of aromatic nitrogens is 1. The average molecular weight is 1120 g/mol. The molecule has 0 bridgehead atoms. The SMILES string of the molecule is FC(F)(F)c1cc([B-](c2cc(C(F)(F)F)cc(C(F)(F)F)c2)(c2cc(C(F)(F)F)cc(C(F)(F)F)c2)c2cc(C(F)(F)F)cc(C(F)(F)F)c2)cc(C(F)(F)F)c1.N#CC(C#N)=C(C[n+]1ccccc1)C1CCCCC1. The highest BCUT2D eigenvalue weighted by Gasteiger charge is 2.47. The van der Waals surface area contributed by atoms with Crippen molar-refractivity contribution in [3.05, 3.63) is 159 Å². The second kappa shape index (κ2) is 21.3. The van der Waals surface area contributed by atoms with Crippen molar-refractivity contribution < 1.29 is 110 Å². The number of nitrogens with zero attached hydrogens (tertiary/aromatic N) is 3. The van der Waals surface area contributed by atoms with E-state index in [0.29, 0.717) is 18.0 Å². The molecule has 408 valence electrons. The topological polar surface area (TPSA) is 51.5 Å². The van der Waals surface area contributed by atoms with Gasteiger partial charge in [-0.3, -0.25) is 0 Å². The third kappa shape index (κ3) is 13.9. The van der Waals surface area contributed by atoms with Crippen LogP contribution < -0.4 is 26.4 Å². The zero-order valence-electron chi connectivity index (χ0n) is 37.6. The molecule has 0 spiro atoms. The Morgan fingerprint density at radius 1 is 0.382 bits per heavy atom. The van der Waals surface area contributed by atoms with Crippen LogP contribution in [-0.2, 0) is 56.0 Å². The lowest BCUT2D eigenvalue weighted by Crippen LogP contribution is -2.75. The number of halogens is 24. The van der Waals surface area contributed by atoms with Gasteiger partial charge in [0, 0.05) is 17.7 Å². The summed E-state index contributed by atoms with van der Waals surface area (Å²) in [6.07, 6.45) is -44.9. The monoisotopic (exact) mass is 1120 g/mol. The maximum atomic E-state index is 14.2. The third-order valence-corrected chi connectivity index (χ3v) is 12.2. The normalized spacial score (nSPS) is 14.6. The maximum Gasteiger partial charge on any atom is 0.416 e. The molecule has 1 aromatic heterocycles. The predicted molar refractivity (Wildman–Crippen MR) is 222 cm³/mol. The molecule has 1 aliphatic rings. The van der Waals surface area contributed by atoms with Crippen LogP contribution in [0, 0.1) is 28.6 Å². The molecular formula is C48H30BF24N3. The molecule has 0 amide bonds. The van der Waals surface area contributed by atoms with Crippen molar-refractivity contribution in [2.24, 2.45) is 5.92 Å². The number of rotatable bonds is 7. The zero-order chi connectivity index (χ0) is 57.4. The lowest BCUT2D eigenvalue weighted by molar-refractivity contribution is -0.689. The molecule has 0 unspecified atom stereocenters. The minimum Gasteiger partial charge on any atom is -0.201 e. The van der Waals surface area contributed by atoms with E-state index in [1.54, 1.807) is 0 Å². The summed E-state index contributed by atoms with van der Waals surface area (Å²) >= 11 is 0. The van der Waals surface area contributed by atoms with E-state index in [1.807, 2.05) is 35.2 Å². The van der Waals surface area contributed by atoms with Crippen molar-refractivity contribution in [3.63, 3.8) is 0 Å². The van der Waals surface area contributed by atoms with Crippen molar-refractivity contribution in [3.8, 4) is 12.1 Å². The molecule has 0 saturated heterocycles. The van der Waals surface area contributed by atoms with Crippen LogP contribution in [-0.4, -0.2) is 6.15 Å². The summed E-state index contributed by atoms with van der Waals surface area (Å²) in [6, 6.07) is 1.25. The van der Waals surface area contributed by atoms with Gasteiger partial charge >= 0.3 is 49.4 Å². The summed E-state index contributed by atoms with van der Waals surface area (Å²) in [5.41, 5.74) is -28.9. The van der Waals surface area contributed by atoms with Crippen molar-refractivity contribution in [1.29, 1.82) is 10.5 Å². The van der Waals surface area contributed by atoms with E-state index >= 15 is 0 Å². The number of allylic oxidation sites excluding steroid dienone is 2. The molecule has 6 rings (SSSR count). The van der Waals surface area contributed by atoms with E-state index in [4.69, 9.17) is 10.5 Å². The van der Waals surface area contributed by atoms with Gasteiger partial charge in [-0.15, -0.1) is 0 Å². The highest BCUT2D eigenvalue weighted by atomic mass is 19.4. The lowest BCUT2D eigenvalue weighted by Gasteiger charge is -2.46. The summed E-state index contributed by atoms with van der Waals surface area (Å²) in [5, 5.41) is 18.3. The number of hydrogen-bond acceptors (Lipinski definition) is 2. The van der Waals surface area contributed by atoms with Gasteiger partial charge in [-0.25, -0.2) is 4.57 Å². The molecule has 76 heavy (non-hydrogen) atoms. The van der Waals surface area contributed by atoms with Gasteiger partial charge in [0.05, 0.1) is 44.5 Å². The molecular weight excluding hydrogens is 1090 g/mol. The fourth-order valence-electron chi connectivity index (χ4n) is 8.84. The molecule has 4 aromatic carbocycles. The van der Waals surface area contributed by atoms with E-state index in [9.17, 15) is 105 Å². The Morgan fingerprint density at radius 3 is 0.829 bits per heavy atom. The number of alkyl halides is 24. The maximum absolute atomic E-state index is 14.2. The number of benzene rings is 4. The first-order valence-electron chi connectivity index (χ1n) is 21.4. The van der Waals surface area contributed by atoms with E-state index < -0.39 is 195 Å². The summed E-state index contributed by atoms with van der Waals surface area (Å²) in [6.45, 7) is 0.655. The van der Waals surface area contributed by atoms with Gasteiger partial charge in [0.15, 0.2) is 18.9 Å². The Morgan fingerprint density at radius 2 is 0.618 bits per heavy atom. The van der Waals surface area contributed by atoms with Gasteiger partial charge < -0.3 is 0 Å². The van der Waals surface area contributed by atoms with Gasteiger partial charge in [-0.1, -0.05) is 73.9 Å². The molecule has 0 N–H and O–H groups in total. The molecule has 5 aromatic rings. The molecule has 1 saturated carbocycles. The second-order valence-corrected chi connectivity index (χ2v) is 17.2. The molecule has 0 atom stereocenters. The van der Waals surface area contributed by atoms with Crippen LogP contribution in [0.1, 0.15) is 76.6 Å². The first-order chi connectivity index (χ1) is 34.6. The first kappa shape index (κ1) is 60.0. The average Bonchev–Trinajstić information content (AvgIpc) is 3.30. The predicted octanol–water partition coefficient (Wildman–Crippen LogP) is 14.1. The number of pyridine rings is 1. The van der Waals surface area contributed by atoms with E-state index in [0.717, 1.165) is 18.4 Å². The van der Waals surface area contributed by atoms with Crippen LogP contribution >= 0.6 is 0 Å². The largest absolute Gasteiger partial charge is 0.416 e. The zero-order valence-corrected chi connectivity index (χ0v) is 37.6. The van der Waals surface area contributed by atoms with Gasteiger partial charge in [0.1, 0.15) is 23.9 Å². The van der Waals surface area contributed by atoms with Gasteiger partial charge in [-0.05, 0) is 43.0 Å². The van der Waals surface area contributed by atoms with Crippen LogP contribution in [0.3, 0.4) is 0 Å². The highest BCUT2D eigenvalue weighted by Crippen LogP contribution is 2.42. The molecule has 0 radical (unpaired) electrons. The summed E-state index contributed by atoms with van der Waals surface area (Å²) in [7, 11) is 0. The summed E-state index contributed by atoms with van der Waals surface area (Å²) in [5.74, 6) is 0.399. The summed E-state index contributed by atoms with van der Waals surface area (Å²) in [4.78, 5) is 0. The van der Waals surface area contributed by atoms with Crippen LogP contribution in [0.25, 0.3) is 0 Å². The Hall–Kier alpha value is -6.87. The van der Waals surface area contributed by atoms with E-state index in [-0.39, 0.29) is 0 Å². The number of nitriles is 2. The van der Waals surface area contributed by atoms with Crippen LogP contribution in [0.4, 0.5) is 105 Å². The minimum absolute atomic E-state index is 0.309. The molecule has 1 aliphatic carbocycles. The lowest BCUT2D eigenvalue weighted by atomic mass is 9.12. The van der Waals surface area contributed by atoms with E-state index in [2.05, 4.69) is 12.1 Å². The molecule has 1 heterocycles. The van der Waals surface area contributed by atoms with E-state index in [1.165, 1.54) is 19.3 Å². The Labute approximate surface area is 413 Å². The molecule has 0 aliphatic heterocycles. The fraction of sp³-hybridized carbons (Fsp3) is 0.312. The van der Waals surface area contributed by atoms with Crippen molar-refractivity contribution in [1.82, 2.24) is 0 Å². The standard InChI is InChI=1S/C32H12BF24.C16H18N3/c34-25(35,36)13-1-14(26(37,38)39)6-21(5-13)33(22-7-15(27(40,41)42)2-16(8-22)28(43,44)45,23-9-17(29(46,47)48)3-18(10-23)30(49,50)51)24-11-19(31(52,53)54)4-20(12-24)32(55,56)57;17-11-15(12-18)16(14-7-3-1-4-8-14)13-19-9-5-2-6-10-19/h1-12H;2,5-6,9-10,14H,1,3-4,7-8,13H2/q-1;+1. The Bertz CT molecular complexity index is 2550. The third-order valence-electron chi connectivity index (χ3n) is 12.2. The van der Waals surface area contributed by atoms with Crippen LogP contribution in [0.2, 0.25) is 0 Å². The molecule has 28 heteroatoms. The highest BCUT2D eigenvalue weighted by molar-refractivity contribution is 7.20. The van der Waals surface area contributed by atoms with Gasteiger partial charge in [-0.2, -0.15) is 138 Å². The summed E-state index contributed by atoms with van der Waals surface area (Å²) < 4.78 is 343. The second-order valence-electron chi connectivity index (χ2n) is 17.2. The first-order valence-corrected chi connectivity index (χ1v) is 21.4. The molecule has 1 fully saturated rings. The Balaban J connectivity index is 0.000000468. The molecule has 3 nitrogen and oxygen atoms in total. The van der Waals surface area contributed by atoms with Crippen molar-refractivity contribution in [2.45, 2.75) is 88.1 Å². The van der Waals surface area contributed by atoms with Crippen molar-refractivity contribution >= 4 is 28.0 Å². The van der Waals surface area contributed by atoms with Gasteiger partial charge in [0.25, 0.3) is 0 Å². The number of hydrogen-bond donors (Lipinski definition) is 0. The van der Waals surface area contributed by atoms with Crippen LogP contribution in [0.5, 0.6) is 0 Å². The minimum atomic E-state index is -6.13. The van der Waals surface area contributed by atoms with Gasteiger partial charge in [0.2, 0.25) is 0 Å². The smallest absolute Gasteiger partial charge is 0.201 e.